The van der Waals surface area contributed by atoms with Gasteiger partial charge in [-0.2, -0.15) is 0 Å². The molecule has 1 aliphatic heterocycles. The SMILES string of the molecule is COc1ccc(-c2cc(NC(=O)C3CCN(C(=O)C(C)C)CC3)ccc2OC)cc1. The molecule has 1 heterocycles. The lowest BCUT2D eigenvalue weighted by Gasteiger charge is -2.32. The van der Waals surface area contributed by atoms with Gasteiger partial charge in [-0.1, -0.05) is 26.0 Å². The average molecular weight is 411 g/mol. The summed E-state index contributed by atoms with van der Waals surface area (Å²) in [5.41, 5.74) is 2.60. The Morgan fingerprint density at radius 3 is 2.23 bits per heavy atom. The molecule has 30 heavy (non-hydrogen) atoms. The maximum absolute atomic E-state index is 12.8. The zero-order valence-corrected chi connectivity index (χ0v) is 18.1. The van der Waals surface area contributed by atoms with Gasteiger partial charge in [-0.05, 0) is 48.7 Å². The number of nitrogens with zero attached hydrogens (tertiary/aromatic N) is 1. The van der Waals surface area contributed by atoms with Crippen LogP contribution in [0.15, 0.2) is 42.5 Å². The van der Waals surface area contributed by atoms with Crippen LogP contribution in [0.4, 0.5) is 5.69 Å². The molecule has 0 bridgehead atoms. The molecular formula is C24H30N2O4. The first-order valence-corrected chi connectivity index (χ1v) is 10.3. The van der Waals surface area contributed by atoms with Gasteiger partial charge in [0, 0.05) is 36.2 Å². The van der Waals surface area contributed by atoms with E-state index in [-0.39, 0.29) is 23.7 Å². The van der Waals surface area contributed by atoms with Crippen molar-refractivity contribution in [1.29, 1.82) is 0 Å². The lowest BCUT2D eigenvalue weighted by Crippen LogP contribution is -2.43. The fraction of sp³-hybridized carbons (Fsp3) is 0.417. The van der Waals surface area contributed by atoms with E-state index in [1.807, 2.05) is 61.2 Å². The van der Waals surface area contributed by atoms with Crippen molar-refractivity contribution >= 4 is 17.5 Å². The molecule has 0 saturated carbocycles. The quantitative estimate of drug-likeness (QED) is 0.775. The highest BCUT2D eigenvalue weighted by Gasteiger charge is 2.28. The van der Waals surface area contributed by atoms with Gasteiger partial charge in [-0.3, -0.25) is 9.59 Å². The fourth-order valence-electron chi connectivity index (χ4n) is 3.75. The molecule has 3 rings (SSSR count). The Morgan fingerprint density at radius 1 is 1.00 bits per heavy atom. The van der Waals surface area contributed by atoms with Gasteiger partial charge < -0.3 is 19.7 Å². The number of benzene rings is 2. The zero-order chi connectivity index (χ0) is 21.7. The van der Waals surface area contributed by atoms with Crippen LogP contribution < -0.4 is 14.8 Å². The number of hydrogen-bond acceptors (Lipinski definition) is 4. The maximum Gasteiger partial charge on any atom is 0.227 e. The largest absolute Gasteiger partial charge is 0.497 e. The van der Waals surface area contributed by atoms with E-state index in [1.165, 1.54) is 0 Å². The van der Waals surface area contributed by atoms with Gasteiger partial charge in [0.15, 0.2) is 0 Å². The number of hydrogen-bond donors (Lipinski definition) is 1. The second-order valence-electron chi connectivity index (χ2n) is 7.89. The molecule has 0 atom stereocenters. The highest BCUT2D eigenvalue weighted by molar-refractivity contribution is 5.94. The minimum atomic E-state index is -0.0900. The van der Waals surface area contributed by atoms with Gasteiger partial charge in [-0.15, -0.1) is 0 Å². The van der Waals surface area contributed by atoms with Crippen LogP contribution >= 0.6 is 0 Å². The molecule has 0 aliphatic carbocycles. The van der Waals surface area contributed by atoms with Gasteiger partial charge in [0.1, 0.15) is 11.5 Å². The van der Waals surface area contributed by atoms with Crippen molar-refractivity contribution in [2.24, 2.45) is 11.8 Å². The molecule has 160 valence electrons. The first-order valence-electron chi connectivity index (χ1n) is 10.3. The molecule has 0 unspecified atom stereocenters. The van der Waals surface area contributed by atoms with E-state index in [4.69, 9.17) is 9.47 Å². The third kappa shape index (κ3) is 4.93. The highest BCUT2D eigenvalue weighted by Crippen LogP contribution is 2.34. The monoisotopic (exact) mass is 410 g/mol. The number of amides is 2. The number of methoxy groups -OCH3 is 2. The molecule has 6 heteroatoms. The smallest absolute Gasteiger partial charge is 0.227 e. The van der Waals surface area contributed by atoms with Gasteiger partial charge in [-0.25, -0.2) is 0 Å². The summed E-state index contributed by atoms with van der Waals surface area (Å²) in [4.78, 5) is 26.8. The third-order valence-electron chi connectivity index (χ3n) is 5.54. The van der Waals surface area contributed by atoms with E-state index < -0.39 is 0 Å². The molecule has 1 aliphatic rings. The van der Waals surface area contributed by atoms with E-state index in [9.17, 15) is 9.59 Å². The molecule has 0 aromatic heterocycles. The Morgan fingerprint density at radius 2 is 1.67 bits per heavy atom. The summed E-state index contributed by atoms with van der Waals surface area (Å²) in [7, 11) is 3.27. The van der Waals surface area contributed by atoms with E-state index in [0.717, 1.165) is 28.3 Å². The lowest BCUT2D eigenvalue weighted by molar-refractivity contribution is -0.137. The van der Waals surface area contributed by atoms with Crippen molar-refractivity contribution < 1.29 is 19.1 Å². The molecule has 0 spiro atoms. The summed E-state index contributed by atoms with van der Waals surface area (Å²) in [5.74, 6) is 1.58. The Balaban J connectivity index is 1.69. The van der Waals surface area contributed by atoms with E-state index in [1.54, 1.807) is 14.2 Å². The summed E-state index contributed by atoms with van der Waals surface area (Å²) in [6.07, 6.45) is 1.37. The van der Waals surface area contributed by atoms with Crippen LogP contribution in [-0.2, 0) is 9.59 Å². The number of rotatable bonds is 6. The molecule has 1 N–H and O–H groups in total. The summed E-state index contributed by atoms with van der Waals surface area (Å²) in [6.45, 7) is 5.08. The second-order valence-corrected chi connectivity index (χ2v) is 7.89. The van der Waals surface area contributed by atoms with E-state index in [2.05, 4.69) is 5.32 Å². The molecule has 2 amide bonds. The maximum atomic E-state index is 12.8. The Bertz CT molecular complexity index is 885. The standard InChI is InChI=1S/C24H30N2O4/c1-16(2)24(28)26-13-11-18(12-14-26)23(27)25-19-7-10-22(30-4)21(15-19)17-5-8-20(29-3)9-6-17/h5-10,15-16,18H,11-14H2,1-4H3,(H,25,27). The van der Waals surface area contributed by atoms with E-state index >= 15 is 0 Å². The zero-order valence-electron chi connectivity index (χ0n) is 18.1. The Hall–Kier alpha value is -3.02. The number of anilines is 1. The van der Waals surface area contributed by atoms with Crippen LogP contribution in [0.5, 0.6) is 11.5 Å². The molecule has 1 fully saturated rings. The predicted octanol–water partition coefficient (Wildman–Crippen LogP) is 4.20. The molecule has 6 nitrogen and oxygen atoms in total. The highest BCUT2D eigenvalue weighted by atomic mass is 16.5. The first kappa shape index (κ1) is 21.7. The summed E-state index contributed by atoms with van der Waals surface area (Å²) < 4.78 is 10.7. The first-order chi connectivity index (χ1) is 14.4. The number of carbonyl (C=O) groups is 2. The number of likely N-dealkylation sites (tertiary alicyclic amines) is 1. The topological polar surface area (TPSA) is 67.9 Å². The molecule has 1 saturated heterocycles. The molecule has 2 aromatic rings. The number of carbonyl (C=O) groups excluding carboxylic acids is 2. The number of piperidine rings is 1. The lowest BCUT2D eigenvalue weighted by atomic mass is 9.95. The van der Waals surface area contributed by atoms with Gasteiger partial charge in [0.25, 0.3) is 0 Å². The van der Waals surface area contributed by atoms with Crippen LogP contribution in [0.25, 0.3) is 11.1 Å². The van der Waals surface area contributed by atoms with Crippen LogP contribution in [0.1, 0.15) is 26.7 Å². The fourth-order valence-corrected chi connectivity index (χ4v) is 3.75. The average Bonchev–Trinajstić information content (AvgIpc) is 2.78. The molecular weight excluding hydrogens is 380 g/mol. The minimum absolute atomic E-state index is 0.00232. The third-order valence-corrected chi connectivity index (χ3v) is 5.54. The Kier molecular flexibility index (Phi) is 6.98. The molecule has 0 radical (unpaired) electrons. The summed E-state index contributed by atoms with van der Waals surface area (Å²) >= 11 is 0. The normalized spacial score (nSPS) is 14.5. The predicted molar refractivity (Wildman–Crippen MR) is 118 cm³/mol. The number of ether oxygens (including phenoxy) is 2. The van der Waals surface area contributed by atoms with Crippen molar-refractivity contribution in [3.8, 4) is 22.6 Å². The van der Waals surface area contributed by atoms with Crippen molar-refractivity contribution in [2.75, 3.05) is 32.6 Å². The molecule has 2 aromatic carbocycles. The number of nitrogens with one attached hydrogen (secondary N) is 1. The second kappa shape index (κ2) is 9.65. The van der Waals surface area contributed by atoms with Crippen LogP contribution in [0, 0.1) is 11.8 Å². The van der Waals surface area contributed by atoms with Crippen LogP contribution in [-0.4, -0.2) is 44.0 Å². The van der Waals surface area contributed by atoms with Crippen molar-refractivity contribution in [1.82, 2.24) is 4.90 Å². The minimum Gasteiger partial charge on any atom is -0.497 e. The van der Waals surface area contributed by atoms with Crippen LogP contribution in [0.3, 0.4) is 0 Å². The summed E-state index contributed by atoms with van der Waals surface area (Å²) in [5, 5.41) is 3.04. The Labute approximate surface area is 178 Å². The van der Waals surface area contributed by atoms with Crippen molar-refractivity contribution in [3.05, 3.63) is 42.5 Å². The van der Waals surface area contributed by atoms with Gasteiger partial charge in [0.05, 0.1) is 14.2 Å². The van der Waals surface area contributed by atoms with Gasteiger partial charge in [0.2, 0.25) is 11.8 Å². The van der Waals surface area contributed by atoms with Crippen LogP contribution in [0.2, 0.25) is 0 Å². The summed E-state index contributed by atoms with van der Waals surface area (Å²) in [6, 6.07) is 13.3. The van der Waals surface area contributed by atoms with Gasteiger partial charge >= 0.3 is 0 Å². The van der Waals surface area contributed by atoms with E-state index in [0.29, 0.717) is 25.9 Å². The van der Waals surface area contributed by atoms with Crippen molar-refractivity contribution in [2.45, 2.75) is 26.7 Å². The van der Waals surface area contributed by atoms with Crippen molar-refractivity contribution in [3.63, 3.8) is 0 Å².